The number of hydrogen-bond acceptors (Lipinski definition) is 3. The zero-order valence-electron chi connectivity index (χ0n) is 13.2. The molecule has 132 valence electrons. The molecular formula is C18H12ClF2N3S2. The number of benzene rings is 2. The van der Waals surface area contributed by atoms with Crippen molar-refractivity contribution in [1.29, 1.82) is 0 Å². The lowest BCUT2D eigenvalue weighted by atomic mass is 10.1. The summed E-state index contributed by atoms with van der Waals surface area (Å²) in [5.74, 6) is -1.28. The van der Waals surface area contributed by atoms with Gasteiger partial charge in [-0.15, -0.1) is 11.3 Å². The average molecular weight is 408 g/mol. The summed E-state index contributed by atoms with van der Waals surface area (Å²) in [5.41, 5.74) is 2.29. The minimum atomic E-state index is -0.914. The van der Waals surface area contributed by atoms with E-state index < -0.39 is 11.6 Å². The second kappa shape index (κ2) is 7.26. The first-order chi connectivity index (χ1) is 12.6. The maximum Gasteiger partial charge on any atom is 0.206 e. The third kappa shape index (κ3) is 3.30. The Labute approximate surface area is 162 Å². The molecule has 4 rings (SSSR count). The van der Waals surface area contributed by atoms with Crippen LogP contribution in [0.3, 0.4) is 0 Å². The van der Waals surface area contributed by atoms with Crippen LogP contribution in [0.15, 0.2) is 57.7 Å². The van der Waals surface area contributed by atoms with Crippen molar-refractivity contribution in [2.75, 3.05) is 5.32 Å². The van der Waals surface area contributed by atoms with Crippen LogP contribution in [0.25, 0.3) is 11.1 Å². The van der Waals surface area contributed by atoms with E-state index in [-0.39, 0.29) is 5.56 Å². The molecule has 0 fully saturated rings. The van der Waals surface area contributed by atoms with Crippen molar-refractivity contribution in [1.82, 2.24) is 4.72 Å². The smallest absolute Gasteiger partial charge is 0.206 e. The SMILES string of the molecule is Fc1cccc(-c2c(Cl)sc3c2NC(=NCc2ccccc2)NS3)c1F. The topological polar surface area (TPSA) is 36.4 Å². The molecule has 8 heteroatoms. The summed E-state index contributed by atoms with van der Waals surface area (Å²) < 4.78 is 32.3. The van der Waals surface area contributed by atoms with E-state index in [0.29, 0.717) is 28.1 Å². The maximum atomic E-state index is 14.3. The van der Waals surface area contributed by atoms with Crippen LogP contribution in [0, 0.1) is 11.6 Å². The summed E-state index contributed by atoms with van der Waals surface area (Å²) in [5, 5.41) is 3.16. The zero-order chi connectivity index (χ0) is 18.1. The van der Waals surface area contributed by atoms with Gasteiger partial charge in [0, 0.05) is 23.1 Å². The quantitative estimate of drug-likeness (QED) is 0.528. The summed E-state index contributed by atoms with van der Waals surface area (Å²) in [4.78, 5) is 4.50. The molecule has 26 heavy (non-hydrogen) atoms. The standard InChI is InChI=1S/C18H12ClF2N3S2/c19-16-13(11-7-4-8-12(20)14(11)21)15-17(25-16)26-24-18(23-15)22-9-10-5-2-1-3-6-10/h1-8H,9H2,(H2,22,23,24). The molecule has 0 atom stereocenters. The Bertz CT molecular complexity index is 990. The van der Waals surface area contributed by atoms with Crippen molar-refractivity contribution in [3.63, 3.8) is 0 Å². The van der Waals surface area contributed by atoms with Crippen LogP contribution >= 0.6 is 34.9 Å². The van der Waals surface area contributed by atoms with E-state index in [0.717, 1.165) is 15.8 Å². The fraction of sp³-hybridized carbons (Fsp3) is 0.0556. The molecular weight excluding hydrogens is 396 g/mol. The van der Waals surface area contributed by atoms with Crippen molar-refractivity contribution in [3.8, 4) is 11.1 Å². The van der Waals surface area contributed by atoms with E-state index >= 15 is 0 Å². The molecule has 0 bridgehead atoms. The van der Waals surface area contributed by atoms with Gasteiger partial charge in [-0.2, -0.15) is 0 Å². The van der Waals surface area contributed by atoms with Gasteiger partial charge < -0.3 is 5.32 Å². The van der Waals surface area contributed by atoms with Gasteiger partial charge >= 0.3 is 0 Å². The highest BCUT2D eigenvalue weighted by molar-refractivity contribution is 8.00. The minimum absolute atomic E-state index is 0.130. The molecule has 3 nitrogen and oxygen atoms in total. The fourth-order valence-electron chi connectivity index (χ4n) is 2.57. The van der Waals surface area contributed by atoms with E-state index in [1.807, 2.05) is 30.3 Å². The zero-order valence-corrected chi connectivity index (χ0v) is 15.6. The monoisotopic (exact) mass is 407 g/mol. The van der Waals surface area contributed by atoms with E-state index in [1.54, 1.807) is 0 Å². The van der Waals surface area contributed by atoms with Crippen LogP contribution in [0.4, 0.5) is 14.5 Å². The lowest BCUT2D eigenvalue weighted by molar-refractivity contribution is 0.511. The molecule has 0 radical (unpaired) electrons. The second-order valence-corrected chi connectivity index (χ2v) is 8.19. The summed E-state index contributed by atoms with van der Waals surface area (Å²) in [6, 6.07) is 13.9. The third-order valence-corrected chi connectivity index (χ3v) is 6.18. The number of rotatable bonds is 3. The van der Waals surface area contributed by atoms with Crippen molar-refractivity contribution < 1.29 is 8.78 Å². The lowest BCUT2D eigenvalue weighted by Crippen LogP contribution is -2.29. The van der Waals surface area contributed by atoms with Gasteiger partial charge in [-0.1, -0.05) is 54.1 Å². The summed E-state index contributed by atoms with van der Waals surface area (Å²) in [7, 11) is 0. The number of anilines is 1. The van der Waals surface area contributed by atoms with Crippen LogP contribution in [-0.4, -0.2) is 5.96 Å². The Hall–Kier alpha value is -2.09. The Morgan fingerprint density at radius 2 is 1.85 bits per heavy atom. The van der Waals surface area contributed by atoms with Crippen molar-refractivity contribution in [3.05, 3.63) is 70.1 Å². The van der Waals surface area contributed by atoms with Crippen molar-refractivity contribution in [2.45, 2.75) is 10.8 Å². The predicted molar refractivity (Wildman–Crippen MR) is 105 cm³/mol. The number of aliphatic imine (C=N–C) groups is 1. The van der Waals surface area contributed by atoms with Crippen LogP contribution in [0.1, 0.15) is 5.56 Å². The number of thiophene rings is 1. The summed E-state index contributed by atoms with van der Waals surface area (Å²) in [6.45, 7) is 0.494. The van der Waals surface area contributed by atoms with E-state index in [4.69, 9.17) is 11.6 Å². The fourth-order valence-corrected chi connectivity index (χ4v) is 4.97. The molecule has 0 unspecified atom stereocenters. The van der Waals surface area contributed by atoms with Gasteiger partial charge in [0.1, 0.15) is 8.55 Å². The molecule has 0 saturated carbocycles. The number of guanidine groups is 1. The first-order valence-corrected chi connectivity index (χ1v) is 9.69. The maximum absolute atomic E-state index is 14.3. The summed E-state index contributed by atoms with van der Waals surface area (Å²) >= 11 is 8.97. The van der Waals surface area contributed by atoms with Gasteiger partial charge in [-0.05, 0) is 11.6 Å². The van der Waals surface area contributed by atoms with Gasteiger partial charge in [0.2, 0.25) is 5.96 Å². The van der Waals surface area contributed by atoms with E-state index in [1.165, 1.54) is 35.4 Å². The van der Waals surface area contributed by atoms with Crippen LogP contribution in [0.2, 0.25) is 4.34 Å². The van der Waals surface area contributed by atoms with Crippen LogP contribution in [-0.2, 0) is 6.54 Å². The Balaban J connectivity index is 1.68. The molecule has 0 aliphatic carbocycles. The molecule has 2 aromatic carbocycles. The first-order valence-electron chi connectivity index (χ1n) is 7.68. The Morgan fingerprint density at radius 1 is 1.04 bits per heavy atom. The molecule has 0 amide bonds. The first kappa shape index (κ1) is 17.3. The molecule has 3 aromatic rings. The van der Waals surface area contributed by atoms with Crippen LogP contribution in [0.5, 0.6) is 0 Å². The molecule has 0 spiro atoms. The molecule has 1 aliphatic heterocycles. The highest BCUT2D eigenvalue weighted by Gasteiger charge is 2.26. The lowest BCUT2D eigenvalue weighted by Gasteiger charge is -2.19. The number of halogens is 3. The van der Waals surface area contributed by atoms with Gasteiger partial charge in [0.05, 0.1) is 12.2 Å². The molecule has 2 N–H and O–H groups in total. The average Bonchev–Trinajstić information content (AvgIpc) is 2.98. The second-order valence-electron chi connectivity index (χ2n) is 5.49. The molecule has 2 heterocycles. The highest BCUT2D eigenvalue weighted by Crippen LogP contribution is 2.49. The van der Waals surface area contributed by atoms with E-state index in [2.05, 4.69) is 15.0 Å². The van der Waals surface area contributed by atoms with Crippen molar-refractivity contribution >= 4 is 46.5 Å². The van der Waals surface area contributed by atoms with Gasteiger partial charge in [-0.3, -0.25) is 4.72 Å². The van der Waals surface area contributed by atoms with Gasteiger partial charge in [-0.25, -0.2) is 13.8 Å². The number of nitrogens with zero attached hydrogens (tertiary/aromatic N) is 1. The number of hydrogen-bond donors (Lipinski definition) is 2. The van der Waals surface area contributed by atoms with E-state index in [9.17, 15) is 8.78 Å². The van der Waals surface area contributed by atoms with Crippen LogP contribution < -0.4 is 10.0 Å². The van der Waals surface area contributed by atoms with Crippen molar-refractivity contribution in [2.24, 2.45) is 4.99 Å². The molecule has 0 saturated heterocycles. The number of nitrogens with one attached hydrogen (secondary N) is 2. The Morgan fingerprint density at radius 3 is 2.65 bits per heavy atom. The normalized spacial score (nSPS) is 14.7. The Kier molecular flexibility index (Phi) is 4.84. The molecule has 1 aliphatic rings. The van der Waals surface area contributed by atoms with Gasteiger partial charge in [0.15, 0.2) is 11.6 Å². The third-order valence-electron chi connectivity index (χ3n) is 3.80. The largest absolute Gasteiger partial charge is 0.323 e. The highest BCUT2D eigenvalue weighted by atomic mass is 35.5. The summed E-state index contributed by atoms with van der Waals surface area (Å²) in [6.07, 6.45) is 0. The minimum Gasteiger partial charge on any atom is -0.323 e. The number of fused-ring (bicyclic) bond motifs is 1. The predicted octanol–water partition coefficient (Wildman–Crippen LogP) is 5.93. The van der Waals surface area contributed by atoms with Gasteiger partial charge in [0.25, 0.3) is 0 Å². The molecule has 1 aromatic heterocycles.